The summed E-state index contributed by atoms with van der Waals surface area (Å²) < 4.78 is 26.0. The SMILES string of the molecule is CC(C)CCNc1ccc(NC(=O)c2ccc(F)c(F)c2)nc1. The predicted octanol–water partition coefficient (Wildman–Crippen LogP) is 4.07. The standard InChI is InChI=1S/C17H19F2N3O/c1-11(2)7-8-20-13-4-6-16(21-10-13)22-17(23)12-3-5-14(18)15(19)9-12/h3-6,9-11,20H,7-8H2,1-2H3,(H,21,22,23). The Bertz CT molecular complexity index is 672. The first-order valence-corrected chi connectivity index (χ1v) is 7.42. The van der Waals surface area contributed by atoms with Gasteiger partial charge in [0.05, 0.1) is 11.9 Å². The summed E-state index contributed by atoms with van der Waals surface area (Å²) >= 11 is 0. The third kappa shape index (κ3) is 5.02. The molecule has 1 aromatic carbocycles. The van der Waals surface area contributed by atoms with Crippen LogP contribution in [0.3, 0.4) is 0 Å². The van der Waals surface area contributed by atoms with E-state index in [1.807, 2.05) is 0 Å². The van der Waals surface area contributed by atoms with Crippen LogP contribution in [0.15, 0.2) is 36.5 Å². The molecule has 0 bridgehead atoms. The average molecular weight is 319 g/mol. The lowest BCUT2D eigenvalue weighted by Crippen LogP contribution is -2.13. The van der Waals surface area contributed by atoms with Crippen LogP contribution in [0.2, 0.25) is 0 Å². The Morgan fingerprint density at radius 2 is 1.96 bits per heavy atom. The van der Waals surface area contributed by atoms with Gasteiger partial charge in [-0.3, -0.25) is 4.79 Å². The van der Waals surface area contributed by atoms with E-state index in [0.717, 1.165) is 30.8 Å². The number of amides is 1. The number of pyridine rings is 1. The molecule has 2 aromatic rings. The lowest BCUT2D eigenvalue weighted by molar-refractivity contribution is 0.102. The molecule has 0 unspecified atom stereocenters. The highest BCUT2D eigenvalue weighted by atomic mass is 19.2. The topological polar surface area (TPSA) is 54.0 Å². The number of aromatic nitrogens is 1. The number of halogens is 2. The van der Waals surface area contributed by atoms with E-state index >= 15 is 0 Å². The fraction of sp³-hybridized carbons (Fsp3) is 0.294. The van der Waals surface area contributed by atoms with Gasteiger partial charge in [-0.05, 0) is 42.7 Å². The van der Waals surface area contributed by atoms with Crippen LogP contribution in [-0.2, 0) is 0 Å². The minimum atomic E-state index is -1.06. The molecule has 122 valence electrons. The van der Waals surface area contributed by atoms with Crippen molar-refractivity contribution < 1.29 is 13.6 Å². The van der Waals surface area contributed by atoms with Crippen molar-refractivity contribution >= 4 is 17.4 Å². The van der Waals surface area contributed by atoms with E-state index in [-0.39, 0.29) is 5.56 Å². The van der Waals surface area contributed by atoms with Crippen LogP contribution in [0, 0.1) is 17.6 Å². The molecule has 1 amide bonds. The fourth-order valence-corrected chi connectivity index (χ4v) is 1.90. The first-order chi connectivity index (χ1) is 11.0. The first kappa shape index (κ1) is 16.9. The third-order valence-electron chi connectivity index (χ3n) is 3.24. The highest BCUT2D eigenvalue weighted by Gasteiger charge is 2.10. The van der Waals surface area contributed by atoms with Crippen LogP contribution in [0.25, 0.3) is 0 Å². The second-order valence-electron chi connectivity index (χ2n) is 5.62. The monoisotopic (exact) mass is 319 g/mol. The van der Waals surface area contributed by atoms with E-state index in [2.05, 4.69) is 29.5 Å². The van der Waals surface area contributed by atoms with Gasteiger partial charge < -0.3 is 10.6 Å². The zero-order valence-corrected chi connectivity index (χ0v) is 13.1. The van der Waals surface area contributed by atoms with Crippen molar-refractivity contribution in [1.82, 2.24) is 4.98 Å². The Morgan fingerprint density at radius 1 is 1.17 bits per heavy atom. The van der Waals surface area contributed by atoms with Crippen molar-refractivity contribution in [1.29, 1.82) is 0 Å². The summed E-state index contributed by atoms with van der Waals surface area (Å²) in [5.74, 6) is -1.64. The number of nitrogens with one attached hydrogen (secondary N) is 2. The molecule has 1 heterocycles. The predicted molar refractivity (Wildman–Crippen MR) is 86.5 cm³/mol. The van der Waals surface area contributed by atoms with Gasteiger partial charge in [-0.15, -0.1) is 0 Å². The van der Waals surface area contributed by atoms with E-state index in [1.54, 1.807) is 18.3 Å². The van der Waals surface area contributed by atoms with E-state index in [0.29, 0.717) is 11.7 Å². The van der Waals surface area contributed by atoms with Crippen LogP contribution in [0.5, 0.6) is 0 Å². The highest BCUT2D eigenvalue weighted by Crippen LogP contribution is 2.13. The Morgan fingerprint density at radius 3 is 2.57 bits per heavy atom. The summed E-state index contributed by atoms with van der Waals surface area (Å²) in [7, 11) is 0. The Hall–Kier alpha value is -2.50. The molecule has 2 N–H and O–H groups in total. The largest absolute Gasteiger partial charge is 0.384 e. The minimum Gasteiger partial charge on any atom is -0.384 e. The summed E-state index contributed by atoms with van der Waals surface area (Å²) in [6, 6.07) is 6.44. The lowest BCUT2D eigenvalue weighted by atomic mass is 10.1. The molecule has 1 aromatic heterocycles. The molecular formula is C17H19F2N3O. The van der Waals surface area contributed by atoms with Gasteiger partial charge in [0.25, 0.3) is 5.91 Å². The Balaban J connectivity index is 1.94. The quantitative estimate of drug-likeness (QED) is 0.844. The summed E-state index contributed by atoms with van der Waals surface area (Å²) in [4.78, 5) is 16.1. The fourth-order valence-electron chi connectivity index (χ4n) is 1.90. The van der Waals surface area contributed by atoms with Gasteiger partial charge >= 0.3 is 0 Å². The number of benzene rings is 1. The van der Waals surface area contributed by atoms with Crippen molar-refractivity contribution in [3.8, 4) is 0 Å². The van der Waals surface area contributed by atoms with Gasteiger partial charge in [0.1, 0.15) is 5.82 Å². The summed E-state index contributed by atoms with van der Waals surface area (Å²) in [6.07, 6.45) is 2.66. The Labute approximate surface area is 133 Å². The van der Waals surface area contributed by atoms with E-state index in [1.165, 1.54) is 6.07 Å². The van der Waals surface area contributed by atoms with E-state index in [4.69, 9.17) is 0 Å². The maximum atomic E-state index is 13.1. The van der Waals surface area contributed by atoms with Crippen LogP contribution in [-0.4, -0.2) is 17.4 Å². The average Bonchev–Trinajstić information content (AvgIpc) is 2.51. The molecule has 0 aliphatic heterocycles. The molecule has 0 saturated heterocycles. The summed E-state index contributed by atoms with van der Waals surface area (Å²) in [5.41, 5.74) is 0.890. The van der Waals surface area contributed by atoms with Gasteiger partial charge in [0.2, 0.25) is 0 Å². The third-order valence-corrected chi connectivity index (χ3v) is 3.24. The van der Waals surface area contributed by atoms with Crippen molar-refractivity contribution in [2.24, 2.45) is 5.92 Å². The summed E-state index contributed by atoms with van der Waals surface area (Å²) in [5, 5.41) is 5.77. The number of anilines is 2. The molecular weight excluding hydrogens is 300 g/mol. The van der Waals surface area contributed by atoms with E-state index < -0.39 is 17.5 Å². The van der Waals surface area contributed by atoms with Gasteiger partial charge in [0, 0.05) is 12.1 Å². The van der Waals surface area contributed by atoms with Crippen LogP contribution in [0.4, 0.5) is 20.3 Å². The second kappa shape index (κ2) is 7.67. The molecule has 23 heavy (non-hydrogen) atoms. The summed E-state index contributed by atoms with van der Waals surface area (Å²) in [6.45, 7) is 5.15. The zero-order valence-electron chi connectivity index (χ0n) is 13.1. The molecule has 0 atom stereocenters. The van der Waals surface area contributed by atoms with Crippen molar-refractivity contribution in [3.63, 3.8) is 0 Å². The molecule has 0 aliphatic rings. The van der Waals surface area contributed by atoms with Crippen LogP contribution in [0.1, 0.15) is 30.6 Å². The molecule has 2 rings (SSSR count). The van der Waals surface area contributed by atoms with Gasteiger partial charge in [-0.25, -0.2) is 13.8 Å². The molecule has 0 fully saturated rings. The van der Waals surface area contributed by atoms with E-state index in [9.17, 15) is 13.6 Å². The second-order valence-corrected chi connectivity index (χ2v) is 5.62. The van der Waals surface area contributed by atoms with Gasteiger partial charge in [0.15, 0.2) is 11.6 Å². The lowest BCUT2D eigenvalue weighted by Gasteiger charge is -2.09. The van der Waals surface area contributed by atoms with Crippen LogP contribution < -0.4 is 10.6 Å². The number of carbonyl (C=O) groups is 1. The maximum absolute atomic E-state index is 13.1. The molecule has 0 radical (unpaired) electrons. The van der Waals surface area contributed by atoms with Crippen molar-refractivity contribution in [2.45, 2.75) is 20.3 Å². The molecule has 0 saturated carbocycles. The number of rotatable bonds is 6. The normalized spacial score (nSPS) is 10.7. The maximum Gasteiger partial charge on any atom is 0.256 e. The molecule has 0 spiro atoms. The number of nitrogens with zero attached hydrogens (tertiary/aromatic N) is 1. The molecule has 6 heteroatoms. The highest BCUT2D eigenvalue weighted by molar-refractivity contribution is 6.03. The molecule has 4 nitrogen and oxygen atoms in total. The van der Waals surface area contributed by atoms with Gasteiger partial charge in [-0.1, -0.05) is 13.8 Å². The zero-order chi connectivity index (χ0) is 16.8. The smallest absolute Gasteiger partial charge is 0.256 e. The van der Waals surface area contributed by atoms with Crippen LogP contribution >= 0.6 is 0 Å². The molecule has 0 aliphatic carbocycles. The number of hydrogen-bond acceptors (Lipinski definition) is 3. The number of hydrogen-bond donors (Lipinski definition) is 2. The minimum absolute atomic E-state index is 0.0323. The Kier molecular flexibility index (Phi) is 5.62. The van der Waals surface area contributed by atoms with Crippen molar-refractivity contribution in [3.05, 3.63) is 53.7 Å². The van der Waals surface area contributed by atoms with Crippen molar-refractivity contribution in [2.75, 3.05) is 17.2 Å². The number of carbonyl (C=O) groups excluding carboxylic acids is 1. The first-order valence-electron chi connectivity index (χ1n) is 7.42. The van der Waals surface area contributed by atoms with Gasteiger partial charge in [-0.2, -0.15) is 0 Å².